The van der Waals surface area contributed by atoms with Crippen molar-refractivity contribution in [1.82, 2.24) is 0 Å². The predicted octanol–water partition coefficient (Wildman–Crippen LogP) is 2.00. The molecule has 0 saturated heterocycles. The molecule has 0 rings (SSSR count). The van der Waals surface area contributed by atoms with Crippen molar-refractivity contribution in [3.63, 3.8) is 0 Å². The molecule has 8 heavy (non-hydrogen) atoms. The van der Waals surface area contributed by atoms with Gasteiger partial charge in [-0.25, -0.2) is 0 Å². The third-order valence-corrected chi connectivity index (χ3v) is 33.4. The first kappa shape index (κ1) is 10.1. The second-order valence-electron chi connectivity index (χ2n) is 0.943. The average molecular weight is 313 g/mol. The molecule has 6 heteroatoms. The van der Waals surface area contributed by atoms with E-state index in [1.165, 1.54) is 0 Å². The summed E-state index contributed by atoms with van der Waals surface area (Å²) in [6.45, 7) is 0. The van der Waals surface area contributed by atoms with Gasteiger partial charge in [0.15, 0.2) is 0 Å². The Morgan fingerprint density at radius 2 is 1.25 bits per heavy atom. The van der Waals surface area contributed by atoms with Gasteiger partial charge >= 0.3 is 74.1 Å². The first-order valence-corrected chi connectivity index (χ1v) is 16.0. The Morgan fingerprint density at radius 1 is 1.00 bits per heavy atom. The maximum absolute atomic E-state index is 5.50. The van der Waals surface area contributed by atoms with Crippen LogP contribution in [-0.2, 0) is 0 Å². The van der Waals surface area contributed by atoms with E-state index in [9.17, 15) is 0 Å². The quantitative estimate of drug-likeness (QED) is 0.565. The van der Waals surface area contributed by atoms with Crippen LogP contribution >= 0.6 is 44.0 Å². The first-order valence-electron chi connectivity index (χ1n) is 1.73. The van der Waals surface area contributed by atoms with E-state index in [1.54, 1.807) is 0 Å². The number of alkyl halides is 2. The fraction of sp³-hybridized carbons (Fsp3) is 1.00. The van der Waals surface area contributed by atoms with E-state index in [0.717, 1.165) is 0 Å². The van der Waals surface area contributed by atoms with Gasteiger partial charge in [-0.2, -0.15) is 0 Å². The number of rotatable bonds is 2. The topological polar surface area (TPSA) is 0 Å². The Balaban J connectivity index is 4.31. The van der Waals surface area contributed by atoms with E-state index in [1.807, 2.05) is 0 Å². The molecule has 0 spiro atoms. The van der Waals surface area contributed by atoms with E-state index in [-0.39, 0.29) is 0 Å². The molecule has 0 heterocycles. The summed E-state index contributed by atoms with van der Waals surface area (Å²) in [6, 6.07) is 0. The molecular formula is C2H4As2Cl2S2. The van der Waals surface area contributed by atoms with Crippen LogP contribution < -0.4 is 0 Å². The molecule has 0 aliphatic heterocycles. The summed E-state index contributed by atoms with van der Waals surface area (Å²) in [5, 5.41) is 0. The Hall–Kier alpha value is 2.14. The van der Waals surface area contributed by atoms with Crippen LogP contribution in [0.15, 0.2) is 0 Å². The zero-order chi connectivity index (χ0) is 6.57. The van der Waals surface area contributed by atoms with Gasteiger partial charge < -0.3 is 0 Å². The van der Waals surface area contributed by atoms with Gasteiger partial charge in [0.1, 0.15) is 0 Å². The second kappa shape index (κ2) is 5.89. The molecule has 0 fully saturated rings. The van der Waals surface area contributed by atoms with Crippen LogP contribution in [0.2, 0.25) is 0 Å². The van der Waals surface area contributed by atoms with Gasteiger partial charge in [0.05, 0.1) is 0 Å². The van der Waals surface area contributed by atoms with Crippen LogP contribution in [-0.4, -0.2) is 30.1 Å². The fourth-order valence-electron chi connectivity index (χ4n) is 0.119. The molecule has 0 aromatic heterocycles. The van der Waals surface area contributed by atoms with Gasteiger partial charge in [-0.3, -0.25) is 0 Å². The first-order chi connectivity index (χ1) is 3.72. The van der Waals surface area contributed by atoms with Crippen LogP contribution in [0.25, 0.3) is 0 Å². The Kier molecular flexibility index (Phi) is 7.46. The van der Waals surface area contributed by atoms with Crippen LogP contribution in [0.1, 0.15) is 0 Å². The van der Waals surface area contributed by atoms with Crippen LogP contribution in [0.3, 0.4) is 0 Å². The maximum atomic E-state index is 5.50. The molecule has 48 valence electrons. The van der Waals surface area contributed by atoms with Crippen molar-refractivity contribution < 1.29 is 0 Å². The minimum atomic E-state index is -1.16. The SMILES string of the molecule is S=[As](/CCl)=[As](=S)/CCl. The molecule has 0 saturated carbocycles. The molecule has 2 atom stereocenters. The molecule has 0 aliphatic rings. The van der Waals surface area contributed by atoms with Crippen molar-refractivity contribution in [2.45, 2.75) is 0 Å². The molecule has 0 aromatic carbocycles. The second-order valence-corrected chi connectivity index (χ2v) is 28.6. The third-order valence-electron chi connectivity index (χ3n) is 0.453. The van der Waals surface area contributed by atoms with Crippen molar-refractivity contribution in [3.8, 4) is 0 Å². The molecule has 0 radical (unpaired) electrons. The van der Waals surface area contributed by atoms with Crippen LogP contribution in [0.4, 0.5) is 0 Å². The number of halogens is 2. The molecular weight excluding hydrogens is 309 g/mol. The van der Waals surface area contributed by atoms with E-state index in [0.29, 0.717) is 9.34 Å². The monoisotopic (exact) mass is 312 g/mol. The van der Waals surface area contributed by atoms with E-state index < -0.39 is 20.7 Å². The summed E-state index contributed by atoms with van der Waals surface area (Å²) in [4.78, 5) is 0. The molecule has 0 amide bonds. The van der Waals surface area contributed by atoms with Gasteiger partial charge in [-0.05, 0) is 0 Å². The van der Waals surface area contributed by atoms with Crippen molar-refractivity contribution in [2.24, 2.45) is 0 Å². The van der Waals surface area contributed by atoms with E-state index >= 15 is 0 Å². The molecule has 0 nitrogen and oxygen atoms in total. The zero-order valence-electron chi connectivity index (χ0n) is 3.88. The average Bonchev–Trinajstić information content (AvgIpc) is 1.84. The van der Waals surface area contributed by atoms with E-state index in [2.05, 4.69) is 0 Å². The van der Waals surface area contributed by atoms with Gasteiger partial charge in [-0.1, -0.05) is 0 Å². The molecule has 0 aromatic rings. The van der Waals surface area contributed by atoms with E-state index in [4.69, 9.17) is 44.0 Å². The predicted molar refractivity (Wildman–Crippen MR) is 48.1 cm³/mol. The molecule has 0 aliphatic carbocycles. The summed E-state index contributed by atoms with van der Waals surface area (Å²) in [5.41, 5.74) is 0. The third kappa shape index (κ3) is 4.03. The summed E-state index contributed by atoms with van der Waals surface area (Å²) >= 11 is 11.0. The summed E-state index contributed by atoms with van der Waals surface area (Å²) < 4.78 is 1.27. The van der Waals surface area contributed by atoms with Gasteiger partial charge in [-0.15, -0.1) is 0 Å². The summed E-state index contributed by atoms with van der Waals surface area (Å²) in [7, 11) is 7.79. The fourth-order valence-corrected chi connectivity index (χ4v) is 16.7. The van der Waals surface area contributed by atoms with Crippen LogP contribution in [0, 0.1) is 0 Å². The molecule has 0 N–H and O–H groups in total. The van der Waals surface area contributed by atoms with Crippen molar-refractivity contribution in [1.29, 1.82) is 0 Å². The number of hydrogen-bond donors (Lipinski definition) is 0. The Labute approximate surface area is 73.2 Å². The van der Waals surface area contributed by atoms with Gasteiger partial charge in [0.2, 0.25) is 0 Å². The van der Waals surface area contributed by atoms with Crippen molar-refractivity contribution in [2.75, 3.05) is 9.34 Å². The normalized spacial score (nSPS) is 13.2. The summed E-state index contributed by atoms with van der Waals surface area (Å²) in [5.74, 6) is 0. The Bertz CT molecular complexity index is 156. The van der Waals surface area contributed by atoms with Crippen LogP contribution in [0.5, 0.6) is 0 Å². The van der Waals surface area contributed by atoms with Gasteiger partial charge in [0.25, 0.3) is 0 Å². The number of hydrogen-bond acceptors (Lipinski definition) is 2. The minimum absolute atomic E-state index is 0.637. The summed E-state index contributed by atoms with van der Waals surface area (Å²) in [6.07, 6.45) is 0. The standard InChI is InChI=1S/C2H4As2Cl2S2/c5-1-3(7)4(8)2-6/h1-2H2. The molecule has 0 bridgehead atoms. The molecule has 2 unspecified atom stereocenters. The van der Waals surface area contributed by atoms with Crippen molar-refractivity contribution >= 4 is 64.7 Å². The zero-order valence-corrected chi connectivity index (χ0v) is 10.8. The Morgan fingerprint density at radius 3 is 1.38 bits per heavy atom. The van der Waals surface area contributed by atoms with Crippen molar-refractivity contribution in [3.05, 3.63) is 0 Å². The van der Waals surface area contributed by atoms with Gasteiger partial charge in [0, 0.05) is 0 Å².